The van der Waals surface area contributed by atoms with Crippen LogP contribution in [0.4, 0.5) is 9.59 Å². The molecule has 0 aliphatic carbocycles. The maximum Gasteiger partial charge on any atom is 0.338 e. The Bertz CT molecular complexity index is 1310. The third-order valence-corrected chi connectivity index (χ3v) is 7.17. The largest absolute Gasteiger partial charge is 0.463 e. The van der Waals surface area contributed by atoms with E-state index in [9.17, 15) is 14.4 Å². The highest BCUT2D eigenvalue weighted by molar-refractivity contribution is 5.95. The molecule has 2 aliphatic rings. The molecular weight excluding hydrogens is 534 g/mol. The molecule has 0 radical (unpaired) electrons. The van der Waals surface area contributed by atoms with Crippen molar-refractivity contribution in [3.05, 3.63) is 84.1 Å². The lowest BCUT2D eigenvalue weighted by atomic mass is 9.93. The summed E-state index contributed by atoms with van der Waals surface area (Å²) in [7, 11) is 0. The second kappa shape index (κ2) is 14.0. The third kappa shape index (κ3) is 7.30. The van der Waals surface area contributed by atoms with Gasteiger partial charge in [-0.1, -0.05) is 36.4 Å². The molecule has 0 bridgehead atoms. The van der Waals surface area contributed by atoms with Crippen LogP contribution in [0.5, 0.6) is 11.5 Å². The van der Waals surface area contributed by atoms with E-state index in [4.69, 9.17) is 9.47 Å². The van der Waals surface area contributed by atoms with Gasteiger partial charge in [0.15, 0.2) is 0 Å². The number of urea groups is 2. The van der Waals surface area contributed by atoms with E-state index in [0.717, 1.165) is 0 Å². The number of benzene rings is 2. The van der Waals surface area contributed by atoms with Gasteiger partial charge < -0.3 is 25.0 Å². The monoisotopic (exact) mass is 575 g/mol. The summed E-state index contributed by atoms with van der Waals surface area (Å²) in [5, 5.41) is 5.97. The first-order chi connectivity index (χ1) is 20.2. The molecule has 2 aromatic rings. The molecule has 2 atom stereocenters. The molecule has 0 aromatic heterocycles. The number of carbonyl (C=O) groups excluding carboxylic acids is 3. The van der Waals surface area contributed by atoms with Crippen molar-refractivity contribution in [2.75, 3.05) is 39.3 Å². The molecule has 2 N–H and O–H groups in total. The highest BCUT2D eigenvalue weighted by Gasteiger charge is 2.39. The molecule has 10 nitrogen and oxygen atoms in total. The predicted molar refractivity (Wildman–Crippen MR) is 161 cm³/mol. The predicted octanol–water partition coefficient (Wildman–Crippen LogP) is 4.67. The smallest absolute Gasteiger partial charge is 0.338 e. The number of nitrogens with one attached hydrogen (secondary N) is 2. The average molecular weight is 576 g/mol. The summed E-state index contributed by atoms with van der Waals surface area (Å²) >= 11 is 0. The van der Waals surface area contributed by atoms with Crippen LogP contribution < -0.4 is 15.4 Å². The highest BCUT2D eigenvalue weighted by atomic mass is 16.5. The first kappa shape index (κ1) is 30.6. The van der Waals surface area contributed by atoms with Crippen LogP contribution in [0.2, 0.25) is 0 Å². The summed E-state index contributed by atoms with van der Waals surface area (Å²) in [6, 6.07) is 15.6. The van der Waals surface area contributed by atoms with Crippen LogP contribution in [0.3, 0.4) is 0 Å². The minimum atomic E-state index is -0.748. The van der Waals surface area contributed by atoms with Crippen LogP contribution in [-0.4, -0.2) is 84.1 Å². The van der Waals surface area contributed by atoms with Gasteiger partial charge in [0.05, 0.1) is 18.2 Å². The van der Waals surface area contributed by atoms with Gasteiger partial charge in [-0.3, -0.25) is 9.80 Å². The Morgan fingerprint density at radius 1 is 1.12 bits per heavy atom. The zero-order valence-electron chi connectivity index (χ0n) is 24.8. The van der Waals surface area contributed by atoms with Gasteiger partial charge >= 0.3 is 18.0 Å². The Morgan fingerprint density at radius 3 is 2.52 bits per heavy atom. The number of hydrogen-bond acceptors (Lipinski definition) is 6. The van der Waals surface area contributed by atoms with Gasteiger partial charge in [0.2, 0.25) is 0 Å². The Morgan fingerprint density at radius 2 is 1.86 bits per heavy atom. The molecule has 2 aromatic carbocycles. The minimum Gasteiger partial charge on any atom is -0.463 e. The molecule has 10 heteroatoms. The minimum absolute atomic E-state index is 0.0433. The van der Waals surface area contributed by atoms with Crippen molar-refractivity contribution in [1.29, 1.82) is 0 Å². The molecule has 42 heavy (non-hydrogen) atoms. The van der Waals surface area contributed by atoms with Crippen LogP contribution >= 0.6 is 0 Å². The van der Waals surface area contributed by atoms with Gasteiger partial charge in [0.1, 0.15) is 11.5 Å². The second-order valence-electron chi connectivity index (χ2n) is 10.7. The van der Waals surface area contributed by atoms with E-state index in [1.165, 1.54) is 0 Å². The molecule has 1 saturated heterocycles. The maximum atomic E-state index is 13.6. The molecule has 0 saturated carbocycles. The fraction of sp³-hybridized carbons (Fsp3) is 0.406. The summed E-state index contributed by atoms with van der Waals surface area (Å²) in [5.41, 5.74) is 1.62. The second-order valence-corrected chi connectivity index (χ2v) is 10.7. The summed E-state index contributed by atoms with van der Waals surface area (Å²) < 4.78 is 11.6. The summed E-state index contributed by atoms with van der Waals surface area (Å²) in [6.07, 6.45) is 1.63. The number of amides is 4. The van der Waals surface area contributed by atoms with Gasteiger partial charge in [0.25, 0.3) is 0 Å². The van der Waals surface area contributed by atoms with Crippen LogP contribution in [0.1, 0.15) is 39.3 Å². The van der Waals surface area contributed by atoms with Gasteiger partial charge in [0, 0.05) is 50.5 Å². The molecule has 4 rings (SSSR count). The number of carbonyl (C=O) groups is 3. The van der Waals surface area contributed by atoms with Gasteiger partial charge in [-0.15, -0.1) is 6.58 Å². The number of piperazine rings is 1. The van der Waals surface area contributed by atoms with Crippen molar-refractivity contribution in [2.24, 2.45) is 0 Å². The Balaban J connectivity index is 1.68. The van der Waals surface area contributed by atoms with Crippen molar-refractivity contribution in [1.82, 2.24) is 25.3 Å². The molecule has 2 aliphatic heterocycles. The number of para-hydroxylation sites is 1. The van der Waals surface area contributed by atoms with Gasteiger partial charge in [-0.05, 0) is 57.5 Å². The van der Waals surface area contributed by atoms with E-state index in [0.29, 0.717) is 54.5 Å². The number of esters is 1. The van der Waals surface area contributed by atoms with Crippen molar-refractivity contribution in [3.63, 3.8) is 0 Å². The zero-order chi connectivity index (χ0) is 30.2. The Labute approximate surface area is 247 Å². The topological polar surface area (TPSA) is 103 Å². The summed E-state index contributed by atoms with van der Waals surface area (Å²) in [6.45, 7) is 13.9. The van der Waals surface area contributed by atoms with Crippen LogP contribution in [0.15, 0.2) is 78.5 Å². The van der Waals surface area contributed by atoms with E-state index in [-0.39, 0.29) is 37.3 Å². The summed E-state index contributed by atoms with van der Waals surface area (Å²) in [5.74, 6) is 0.761. The van der Waals surface area contributed by atoms with Crippen molar-refractivity contribution >= 4 is 18.0 Å². The molecule has 4 amide bonds. The lowest BCUT2D eigenvalue weighted by Gasteiger charge is -2.43. The number of ether oxygens (including phenoxy) is 2. The van der Waals surface area contributed by atoms with Gasteiger partial charge in [-0.2, -0.15) is 0 Å². The third-order valence-electron chi connectivity index (χ3n) is 7.17. The van der Waals surface area contributed by atoms with E-state index < -0.39 is 12.0 Å². The fourth-order valence-corrected chi connectivity index (χ4v) is 5.30. The first-order valence-corrected chi connectivity index (χ1v) is 14.4. The first-order valence-electron chi connectivity index (χ1n) is 14.4. The number of rotatable bonds is 10. The van der Waals surface area contributed by atoms with Crippen molar-refractivity contribution < 1.29 is 23.9 Å². The average Bonchev–Trinajstić information content (AvgIpc) is 2.95. The fourth-order valence-electron chi connectivity index (χ4n) is 5.30. The van der Waals surface area contributed by atoms with Crippen LogP contribution in [0, 0.1) is 0 Å². The Kier molecular flexibility index (Phi) is 10.2. The molecule has 2 heterocycles. The van der Waals surface area contributed by atoms with Crippen molar-refractivity contribution in [2.45, 2.75) is 45.8 Å². The van der Waals surface area contributed by atoms with E-state index in [2.05, 4.69) is 22.1 Å². The highest BCUT2D eigenvalue weighted by Crippen LogP contribution is 2.34. The van der Waals surface area contributed by atoms with Crippen LogP contribution in [0.25, 0.3) is 0 Å². The van der Waals surface area contributed by atoms with Crippen LogP contribution in [-0.2, 0) is 9.53 Å². The van der Waals surface area contributed by atoms with E-state index >= 15 is 0 Å². The lowest BCUT2D eigenvalue weighted by Crippen LogP contribution is -2.58. The van der Waals surface area contributed by atoms with E-state index in [1.54, 1.807) is 17.9 Å². The van der Waals surface area contributed by atoms with Crippen molar-refractivity contribution in [3.8, 4) is 11.5 Å². The lowest BCUT2D eigenvalue weighted by molar-refractivity contribution is -0.139. The number of hydrogen-bond donors (Lipinski definition) is 2. The maximum absolute atomic E-state index is 13.6. The molecule has 0 unspecified atom stereocenters. The zero-order valence-corrected chi connectivity index (χ0v) is 24.8. The normalized spacial score (nSPS) is 19.4. The van der Waals surface area contributed by atoms with E-state index in [1.807, 2.05) is 80.3 Å². The molecular formula is C32H41N5O5. The SMILES string of the molecule is C=CCN1C(=O)N[C@H](c2cccc(Oc3ccccc3)c2)C(C(=O)OCC)=C1CN1CCN(C(=O)NC(C)C)[C@H](C)C1. The quantitative estimate of drug-likeness (QED) is 0.315. The Hall–Kier alpha value is -4.31. The summed E-state index contributed by atoms with van der Waals surface area (Å²) in [4.78, 5) is 45.3. The number of nitrogens with zero attached hydrogens (tertiary/aromatic N) is 3. The molecule has 1 fully saturated rings. The molecule has 0 spiro atoms. The molecule has 224 valence electrons. The standard InChI is InChI=1S/C32H41N5O5/c1-6-16-37-27(21-35-17-18-36(23(5)20-35)31(39)33-22(3)4)28(30(38)41-7-2)29(34-32(37)40)24-12-11-15-26(19-24)42-25-13-9-8-10-14-25/h6,8-15,19,22-23,29H,1,7,16-18,20-21H2,2-5H3,(H,33,39)(H,34,40)/t23-,29-/m1/s1. The van der Waals surface area contributed by atoms with Gasteiger partial charge in [-0.25, -0.2) is 14.4 Å².